The first-order valence-electron chi connectivity index (χ1n) is 39.5. The maximum absolute atomic E-state index is 11.6. The van der Waals surface area contributed by atoms with Crippen LogP contribution in [0.25, 0.3) is 0 Å². The molecule has 0 aromatic heterocycles. The SMILES string of the molecule is C=CC(=O)OCCC[Si](C)(C)O[Si](C)(C)O[Si](C)(C)O[Si](C)(C)O[Si](C)(C)O[Si](C)(C)O[Si](C)(C)O[Si](C)(C)O[Si](C)(C)O[Si](C)(C)O[Si](C)(C)O[Si](C)(C)O[Si](C)(C)O[Si](C)(C)O[Si](C)(C)O[Si](C)(C)O[Si](C)(C)O[Si](C)(C)O[Si](C)(C)O[Si](C)(C)O[Si](C)(C)O[Si](C)(C)O[Si](C)(C)O[Si](C)(C)O[Si](C)(C)O[Si](C)(C)C. The molecule has 0 N–H and O–H groups in total. The van der Waals surface area contributed by atoms with Crippen LogP contribution in [-0.4, -0.2) is 235 Å². The topological polar surface area (TPSA) is 257 Å². The number of carbonyl (C=O) groups is 1. The van der Waals surface area contributed by atoms with E-state index in [0.29, 0.717) is 13.0 Å². The van der Waals surface area contributed by atoms with Crippen molar-refractivity contribution in [3.63, 3.8) is 0 Å². The molecule has 0 unspecified atom stereocenters. The van der Waals surface area contributed by atoms with Gasteiger partial charge in [0, 0.05) is 6.08 Å². The van der Waals surface area contributed by atoms with E-state index in [2.05, 4.69) is 236 Å². The van der Waals surface area contributed by atoms with E-state index in [1.165, 1.54) is 6.08 Å². The minimum absolute atomic E-state index is 0.329. The van der Waals surface area contributed by atoms with Crippen LogP contribution < -0.4 is 0 Å². The second-order valence-corrected chi connectivity index (χ2v) is 137. The molecule has 0 aliphatic heterocycles. The van der Waals surface area contributed by atoms with E-state index in [1.807, 2.05) is 118 Å². The van der Waals surface area contributed by atoms with Crippen LogP contribution in [0.15, 0.2) is 12.7 Å². The molecule has 0 spiro atoms. The van der Waals surface area contributed by atoms with Crippen LogP contribution in [0.1, 0.15) is 6.42 Å². The van der Waals surface area contributed by atoms with Gasteiger partial charge in [-0.2, -0.15) is 0 Å². The maximum Gasteiger partial charge on any atom is 0.330 e. The Bertz CT molecular complexity index is 2990. The lowest BCUT2D eigenvalue weighted by Crippen LogP contribution is -2.63. The van der Waals surface area contributed by atoms with Crippen molar-refractivity contribution >= 4 is 228 Å². The predicted molar refractivity (Wildman–Crippen MR) is 518 cm³/mol. The molecule has 0 aromatic carbocycles. The van der Waals surface area contributed by atoms with Crippen LogP contribution in [0.3, 0.4) is 0 Å². The third-order valence-electron chi connectivity index (χ3n) is 13.7. The molecule has 0 aromatic rings. The van der Waals surface area contributed by atoms with Gasteiger partial charge in [-0.25, -0.2) is 4.79 Å². The lowest BCUT2D eigenvalue weighted by Gasteiger charge is -2.45. The quantitative estimate of drug-likeness (QED) is 0.0237. The smallest absolute Gasteiger partial charge is 0.330 e. The molecule has 0 heterocycles. The Kier molecular flexibility index (Phi) is 41.4. The number of hydrogen-bond donors (Lipinski definition) is 0. The highest BCUT2D eigenvalue weighted by molar-refractivity contribution is 6.98. The highest BCUT2D eigenvalue weighted by atomic mass is 28.6. The molecule has 27 nitrogen and oxygen atoms in total. The fraction of sp³-hybridized carbons (Fsp3) is 0.949. The zero-order valence-corrected chi connectivity index (χ0v) is 107. The average Bonchev–Trinajstić information content (AvgIpc) is 0.799. The molecule has 0 aliphatic carbocycles. The first kappa shape index (κ1) is 116. The Morgan fingerprint density at radius 3 is 0.402 bits per heavy atom. The summed E-state index contributed by atoms with van der Waals surface area (Å²) in [6, 6.07) is 0.822. The van der Waals surface area contributed by atoms with Crippen molar-refractivity contribution < 1.29 is 112 Å². The highest BCUT2D eigenvalue weighted by Crippen LogP contribution is 2.37. The van der Waals surface area contributed by atoms with Crippen LogP contribution in [0.5, 0.6) is 0 Å². The summed E-state index contributed by atoms with van der Waals surface area (Å²) < 4.78 is 178. The van der Waals surface area contributed by atoms with Gasteiger partial charge in [-0.3, -0.25) is 0 Å². The molecular formula is C59H168O27Si26. The summed E-state index contributed by atoms with van der Waals surface area (Å²) in [6.45, 7) is 113. The van der Waals surface area contributed by atoms with Gasteiger partial charge in [-0.15, -0.1) is 0 Å². The van der Waals surface area contributed by atoms with Crippen molar-refractivity contribution in [2.45, 2.75) is 359 Å². The molecule has 0 atom stereocenters. The Morgan fingerprint density at radius 1 is 0.188 bits per heavy atom. The lowest BCUT2D eigenvalue weighted by molar-refractivity contribution is -0.137. The van der Waals surface area contributed by atoms with Crippen molar-refractivity contribution in [2.75, 3.05) is 6.61 Å². The molecule has 0 saturated heterocycles. The number of rotatable bonds is 55. The van der Waals surface area contributed by atoms with Gasteiger partial charge in [0.25, 0.3) is 0 Å². The van der Waals surface area contributed by atoms with E-state index in [4.69, 9.17) is 108 Å². The molecule has 0 fully saturated rings. The zero-order chi connectivity index (χ0) is 89.8. The van der Waals surface area contributed by atoms with Crippen LogP contribution in [0.2, 0.25) is 353 Å². The van der Waals surface area contributed by atoms with Crippen molar-refractivity contribution in [3.8, 4) is 0 Å². The third kappa shape index (κ3) is 54.0. The molecule has 0 rings (SSSR count). The second kappa shape index (κ2) is 40.0. The standard InChI is InChI=1S/C59H168O27Si26/c1-55-59(60)61-57-56-58-88(5,6)63-90(9,10)65-92(13,14)67-94(17,18)69-96(21,22)71-98(25,26)73-100(29,30)75-102(33,34)77-104(37,38)79-106(41,42)81-108(45,46)83-110(49,50)85-112(53,54)86-111(51,52)84-109(47,48)82-107(43,44)80-105(39,40)78-103(35,36)76-101(31,32)74-99(27,28)72-97(23,24)70-95(19,20)68-93(15,16)66-91(11,12)64-89(7,8)62-87(2,3)4/h55H,1,56-58H2,2-54H3. The van der Waals surface area contributed by atoms with E-state index < -0.39 is 228 Å². The summed E-state index contributed by atoms with van der Waals surface area (Å²) in [7, 11) is -72.1. The van der Waals surface area contributed by atoms with Crippen molar-refractivity contribution in [1.29, 1.82) is 0 Å². The molecular weight excluding hydrogens is 1870 g/mol. The molecule has 0 aliphatic rings. The summed E-state index contributed by atoms with van der Waals surface area (Å²) >= 11 is 0. The fourth-order valence-electron chi connectivity index (χ4n) is 16.3. The fourth-order valence-corrected chi connectivity index (χ4v) is 151. The van der Waals surface area contributed by atoms with Gasteiger partial charge in [0.1, 0.15) is 0 Å². The number of ether oxygens (including phenoxy) is 1. The first-order valence-corrected chi connectivity index (χ1v) is 114. The van der Waals surface area contributed by atoms with Crippen LogP contribution in [-0.2, 0) is 112 Å². The Morgan fingerprint density at radius 2 is 0.295 bits per heavy atom. The van der Waals surface area contributed by atoms with Crippen LogP contribution in [0.4, 0.5) is 0 Å². The van der Waals surface area contributed by atoms with Gasteiger partial charge in [-0.1, -0.05) is 6.58 Å². The Labute approximate surface area is 712 Å². The number of esters is 1. The highest BCUT2D eigenvalue weighted by Gasteiger charge is 2.57. The maximum atomic E-state index is 11.6. The van der Waals surface area contributed by atoms with Crippen molar-refractivity contribution in [1.82, 2.24) is 0 Å². The Hall–Kier alpha value is 3.85. The molecule has 53 heteroatoms. The van der Waals surface area contributed by atoms with Gasteiger partial charge >= 0.3 is 211 Å². The number of carbonyl (C=O) groups excluding carboxylic acids is 1. The summed E-state index contributed by atoms with van der Waals surface area (Å²) in [5.41, 5.74) is 0. The lowest BCUT2D eigenvalue weighted by atomic mass is 10.5. The van der Waals surface area contributed by atoms with Crippen LogP contribution in [0, 0.1) is 0 Å². The second-order valence-electron chi connectivity index (χ2n) is 41.5. The van der Waals surface area contributed by atoms with Gasteiger partial charge in [-0.05, 0) is 359 Å². The summed E-state index contributed by atoms with van der Waals surface area (Å²) in [5.74, 6) is -0.418. The van der Waals surface area contributed by atoms with Gasteiger partial charge in [0.2, 0.25) is 0 Å². The average molecular weight is 2040 g/mol. The molecule has 670 valence electrons. The number of hydrogen-bond acceptors (Lipinski definition) is 27. The summed E-state index contributed by atoms with van der Waals surface area (Å²) in [6.07, 6.45) is 1.89. The van der Waals surface area contributed by atoms with E-state index in [-0.39, 0.29) is 0 Å². The van der Waals surface area contributed by atoms with Gasteiger partial charge in [0.15, 0.2) is 16.6 Å². The molecule has 0 amide bonds. The van der Waals surface area contributed by atoms with Crippen molar-refractivity contribution in [2.24, 2.45) is 0 Å². The molecule has 0 bridgehead atoms. The van der Waals surface area contributed by atoms with Gasteiger partial charge in [0.05, 0.1) is 6.61 Å². The molecule has 0 saturated carbocycles. The minimum atomic E-state index is -2.93. The Balaban J connectivity index is 5.91. The largest absolute Gasteiger partial charge is 0.463 e. The van der Waals surface area contributed by atoms with E-state index in [0.717, 1.165) is 6.04 Å². The summed E-state index contributed by atoms with van der Waals surface area (Å²) in [4.78, 5) is 11.6. The summed E-state index contributed by atoms with van der Waals surface area (Å²) in [5, 5.41) is 0. The van der Waals surface area contributed by atoms with E-state index >= 15 is 0 Å². The van der Waals surface area contributed by atoms with Gasteiger partial charge < -0.3 is 108 Å². The molecule has 112 heavy (non-hydrogen) atoms. The van der Waals surface area contributed by atoms with Crippen molar-refractivity contribution in [3.05, 3.63) is 12.7 Å². The third-order valence-corrected chi connectivity index (χ3v) is 114. The molecule has 0 radical (unpaired) electrons. The zero-order valence-electron chi connectivity index (χ0n) is 80.9. The first-order chi connectivity index (χ1) is 48.1. The minimum Gasteiger partial charge on any atom is -0.463 e. The monoisotopic (exact) mass is 2040 g/mol. The van der Waals surface area contributed by atoms with Crippen LogP contribution >= 0.6 is 0 Å². The predicted octanol–water partition coefficient (Wildman–Crippen LogP) is 20.4. The normalized spacial score (nSPS) is 15.9. The van der Waals surface area contributed by atoms with E-state index in [1.54, 1.807) is 0 Å². The van der Waals surface area contributed by atoms with E-state index in [9.17, 15) is 4.79 Å².